The van der Waals surface area contributed by atoms with Gasteiger partial charge in [-0.15, -0.1) is 0 Å². The van der Waals surface area contributed by atoms with Gasteiger partial charge in [-0.3, -0.25) is 14.5 Å². The zero-order valence-electron chi connectivity index (χ0n) is 18.9. The number of nitrogens with one attached hydrogen (secondary N) is 1. The van der Waals surface area contributed by atoms with E-state index in [9.17, 15) is 9.59 Å². The molecule has 0 unspecified atom stereocenters. The van der Waals surface area contributed by atoms with Crippen molar-refractivity contribution in [2.24, 2.45) is 0 Å². The van der Waals surface area contributed by atoms with E-state index in [0.29, 0.717) is 32.1 Å². The molecule has 0 spiro atoms. The highest BCUT2D eigenvalue weighted by atomic mass is 79.9. The Balaban J connectivity index is 1.45. The van der Waals surface area contributed by atoms with Crippen molar-refractivity contribution in [2.45, 2.75) is 6.92 Å². The molecule has 1 saturated heterocycles. The fourth-order valence-corrected chi connectivity index (χ4v) is 5.10. The number of benzene rings is 3. The molecule has 0 saturated carbocycles. The summed E-state index contributed by atoms with van der Waals surface area (Å²) < 4.78 is 12.5. The first-order valence-electron chi connectivity index (χ1n) is 10.5. The second-order valence-electron chi connectivity index (χ2n) is 7.61. The summed E-state index contributed by atoms with van der Waals surface area (Å²) in [5, 5.41) is 2.81. The molecular weight excluding hydrogens is 548 g/mol. The van der Waals surface area contributed by atoms with Crippen LogP contribution >= 0.6 is 39.9 Å². The molecule has 4 rings (SSSR count). The van der Waals surface area contributed by atoms with Crippen molar-refractivity contribution in [2.75, 3.05) is 23.9 Å². The molecule has 3 aromatic rings. The van der Waals surface area contributed by atoms with Crippen molar-refractivity contribution in [1.82, 2.24) is 0 Å². The third-order valence-corrected chi connectivity index (χ3v) is 6.80. The van der Waals surface area contributed by atoms with Gasteiger partial charge in [-0.25, -0.2) is 0 Å². The lowest BCUT2D eigenvalue weighted by molar-refractivity contribution is -0.118. The van der Waals surface area contributed by atoms with E-state index in [0.717, 1.165) is 15.6 Å². The van der Waals surface area contributed by atoms with E-state index in [-0.39, 0.29) is 18.4 Å². The monoisotopic (exact) mass is 568 g/mol. The molecule has 0 bridgehead atoms. The van der Waals surface area contributed by atoms with Crippen molar-refractivity contribution < 1.29 is 19.1 Å². The Labute approximate surface area is 221 Å². The van der Waals surface area contributed by atoms with Crippen LogP contribution in [0, 0.1) is 6.92 Å². The van der Waals surface area contributed by atoms with Crippen molar-refractivity contribution in [3.63, 3.8) is 0 Å². The fourth-order valence-electron chi connectivity index (χ4n) is 3.41. The Kier molecular flexibility index (Phi) is 7.90. The van der Waals surface area contributed by atoms with E-state index in [1.54, 1.807) is 24.3 Å². The lowest BCUT2D eigenvalue weighted by Crippen LogP contribution is -2.27. The predicted octanol–water partition coefficient (Wildman–Crippen LogP) is 6.19. The highest BCUT2D eigenvalue weighted by Crippen LogP contribution is 2.37. The van der Waals surface area contributed by atoms with Gasteiger partial charge in [0.15, 0.2) is 22.4 Å². The molecule has 3 aromatic carbocycles. The molecule has 0 aliphatic carbocycles. The summed E-state index contributed by atoms with van der Waals surface area (Å²) in [7, 11) is 1.52. The minimum Gasteiger partial charge on any atom is -0.493 e. The number of hydrogen-bond acceptors (Lipinski definition) is 6. The van der Waals surface area contributed by atoms with Crippen LogP contribution in [0.5, 0.6) is 11.5 Å². The molecular formula is C26H21BrN2O4S2. The molecule has 1 N–H and O–H groups in total. The van der Waals surface area contributed by atoms with Crippen molar-refractivity contribution >= 4 is 73.5 Å². The Morgan fingerprint density at radius 3 is 2.66 bits per heavy atom. The summed E-state index contributed by atoms with van der Waals surface area (Å²) in [6.07, 6.45) is 1.76. The number of methoxy groups -OCH3 is 1. The van der Waals surface area contributed by atoms with Crippen LogP contribution in [-0.2, 0) is 9.59 Å². The van der Waals surface area contributed by atoms with Crippen LogP contribution < -0.4 is 19.7 Å². The maximum absolute atomic E-state index is 13.0. The lowest BCUT2D eigenvalue weighted by atomic mass is 10.2. The largest absolute Gasteiger partial charge is 0.493 e. The predicted molar refractivity (Wildman–Crippen MR) is 148 cm³/mol. The first kappa shape index (κ1) is 25.0. The Morgan fingerprint density at radius 2 is 1.91 bits per heavy atom. The molecule has 9 heteroatoms. The molecule has 1 aliphatic heterocycles. The van der Waals surface area contributed by atoms with E-state index in [1.807, 2.05) is 55.5 Å². The quantitative estimate of drug-likeness (QED) is 0.271. The number of aryl methyl sites for hydroxylation is 1. The number of thiocarbonyl (C=S) groups is 1. The van der Waals surface area contributed by atoms with E-state index in [2.05, 4.69) is 21.2 Å². The van der Waals surface area contributed by atoms with Crippen LogP contribution in [0.2, 0.25) is 0 Å². The van der Waals surface area contributed by atoms with Gasteiger partial charge in [-0.2, -0.15) is 0 Å². The third kappa shape index (κ3) is 6.11. The molecule has 6 nitrogen and oxygen atoms in total. The second kappa shape index (κ2) is 11.1. The first-order valence-corrected chi connectivity index (χ1v) is 12.6. The van der Waals surface area contributed by atoms with Gasteiger partial charge in [0.25, 0.3) is 11.8 Å². The van der Waals surface area contributed by atoms with E-state index in [1.165, 1.54) is 23.8 Å². The van der Waals surface area contributed by atoms with Crippen molar-refractivity contribution in [3.05, 3.63) is 87.2 Å². The van der Waals surface area contributed by atoms with Crippen LogP contribution in [0.4, 0.5) is 11.4 Å². The van der Waals surface area contributed by atoms with Crippen LogP contribution in [0.25, 0.3) is 6.08 Å². The number of carbonyl (C=O) groups excluding carboxylic acids is 2. The SMILES string of the molecule is COc1cc(/C=C2/SC(=S)N(c3cccc(Br)c3)C2=O)ccc1OCC(=O)Nc1cccc(C)c1. The molecule has 2 amide bonds. The van der Waals surface area contributed by atoms with Gasteiger partial charge in [-0.05, 0) is 66.6 Å². The fraction of sp³-hybridized carbons (Fsp3) is 0.115. The third-order valence-electron chi connectivity index (χ3n) is 5.01. The van der Waals surface area contributed by atoms with Gasteiger partial charge in [0.1, 0.15) is 0 Å². The van der Waals surface area contributed by atoms with Gasteiger partial charge in [0.05, 0.1) is 17.7 Å². The van der Waals surface area contributed by atoms with Crippen molar-refractivity contribution in [1.29, 1.82) is 0 Å². The number of carbonyl (C=O) groups is 2. The number of thioether (sulfide) groups is 1. The molecule has 0 atom stereocenters. The van der Waals surface area contributed by atoms with Crippen LogP contribution in [0.1, 0.15) is 11.1 Å². The van der Waals surface area contributed by atoms with Gasteiger partial charge in [0.2, 0.25) is 0 Å². The second-order valence-corrected chi connectivity index (χ2v) is 10.2. The average molecular weight is 570 g/mol. The maximum atomic E-state index is 13.0. The number of ether oxygens (including phenoxy) is 2. The highest BCUT2D eigenvalue weighted by molar-refractivity contribution is 9.10. The molecule has 0 aromatic heterocycles. The summed E-state index contributed by atoms with van der Waals surface area (Å²) in [5.41, 5.74) is 3.21. The summed E-state index contributed by atoms with van der Waals surface area (Å²) in [6.45, 7) is 1.78. The average Bonchev–Trinajstić information content (AvgIpc) is 3.10. The topological polar surface area (TPSA) is 67.9 Å². The minimum atomic E-state index is -0.280. The smallest absolute Gasteiger partial charge is 0.270 e. The molecule has 0 radical (unpaired) electrons. The minimum absolute atomic E-state index is 0.172. The summed E-state index contributed by atoms with van der Waals surface area (Å²) in [5.74, 6) is 0.401. The standard InChI is InChI=1S/C26H21BrN2O4S2/c1-16-5-3-7-19(11-16)28-24(30)15-33-21-10-9-17(12-22(21)32-2)13-23-25(31)29(26(34)35-23)20-8-4-6-18(27)14-20/h3-14H,15H2,1-2H3,(H,28,30)/b23-13+. The summed E-state index contributed by atoms with van der Waals surface area (Å²) in [4.78, 5) is 27.3. The maximum Gasteiger partial charge on any atom is 0.270 e. The number of anilines is 2. The van der Waals surface area contributed by atoms with Crippen molar-refractivity contribution in [3.8, 4) is 11.5 Å². The van der Waals surface area contributed by atoms with E-state index >= 15 is 0 Å². The van der Waals surface area contributed by atoms with Crippen LogP contribution in [0.15, 0.2) is 76.1 Å². The lowest BCUT2D eigenvalue weighted by Gasteiger charge is -2.14. The zero-order valence-corrected chi connectivity index (χ0v) is 22.1. The number of hydrogen-bond donors (Lipinski definition) is 1. The number of halogens is 1. The van der Waals surface area contributed by atoms with Gasteiger partial charge >= 0.3 is 0 Å². The highest BCUT2D eigenvalue weighted by Gasteiger charge is 2.33. The number of rotatable bonds is 7. The van der Waals surface area contributed by atoms with Gasteiger partial charge in [-0.1, -0.05) is 64.2 Å². The van der Waals surface area contributed by atoms with Gasteiger partial charge < -0.3 is 14.8 Å². The zero-order chi connectivity index (χ0) is 24.9. The molecule has 1 fully saturated rings. The molecule has 178 valence electrons. The van der Waals surface area contributed by atoms with Crippen LogP contribution in [-0.4, -0.2) is 29.9 Å². The number of amides is 2. The Bertz CT molecular complexity index is 1340. The Morgan fingerprint density at radius 1 is 1.11 bits per heavy atom. The van der Waals surface area contributed by atoms with Gasteiger partial charge in [0, 0.05) is 10.2 Å². The van der Waals surface area contributed by atoms with E-state index in [4.69, 9.17) is 21.7 Å². The molecule has 35 heavy (non-hydrogen) atoms. The first-order chi connectivity index (χ1) is 16.8. The summed E-state index contributed by atoms with van der Waals surface area (Å²) in [6, 6.07) is 20.2. The molecule has 1 aliphatic rings. The molecule has 1 heterocycles. The van der Waals surface area contributed by atoms with Crippen LogP contribution in [0.3, 0.4) is 0 Å². The van der Waals surface area contributed by atoms with E-state index < -0.39 is 0 Å². The number of nitrogens with zero attached hydrogens (tertiary/aromatic N) is 1. The normalized spacial score (nSPS) is 14.4. The summed E-state index contributed by atoms with van der Waals surface area (Å²) >= 11 is 10.1. The Hall–Kier alpha value is -3.14.